The van der Waals surface area contributed by atoms with Gasteiger partial charge in [0.2, 0.25) is 0 Å². The van der Waals surface area contributed by atoms with Crippen molar-refractivity contribution in [1.82, 2.24) is 10.3 Å². The van der Waals surface area contributed by atoms with Crippen molar-refractivity contribution in [2.75, 3.05) is 12.4 Å². The topological polar surface area (TPSA) is 54.0 Å². The van der Waals surface area contributed by atoms with E-state index in [1.54, 1.807) is 6.92 Å². The largest absolute Gasteiger partial charge is 0.416 e. The van der Waals surface area contributed by atoms with Crippen LogP contribution in [0, 0.1) is 11.6 Å². The normalized spacial score (nSPS) is 12.5. The number of thiazole rings is 1. The van der Waals surface area contributed by atoms with Crippen LogP contribution in [0.3, 0.4) is 0 Å². The molecule has 3 rings (SSSR count). The quantitative estimate of drug-likeness (QED) is 0.504. The third-order valence-corrected chi connectivity index (χ3v) is 5.23. The van der Waals surface area contributed by atoms with Gasteiger partial charge in [-0.25, -0.2) is 13.8 Å². The SMILES string of the molecule is CNc1c(F)cc(C(C)NC(=O)c2csc(-c3cccc(C(F)(F)F)c3)n2)cc1F. The summed E-state index contributed by atoms with van der Waals surface area (Å²) in [6.07, 6.45) is -4.49. The van der Waals surface area contributed by atoms with Gasteiger partial charge >= 0.3 is 6.18 Å². The molecule has 2 N–H and O–H groups in total. The molecule has 0 bridgehead atoms. The van der Waals surface area contributed by atoms with Gasteiger partial charge in [0.1, 0.15) is 28.0 Å². The molecule has 0 saturated carbocycles. The van der Waals surface area contributed by atoms with Crippen LogP contribution in [-0.2, 0) is 6.18 Å². The van der Waals surface area contributed by atoms with E-state index in [-0.39, 0.29) is 27.5 Å². The third kappa shape index (κ3) is 4.59. The number of rotatable bonds is 5. The van der Waals surface area contributed by atoms with Crippen LogP contribution in [0.15, 0.2) is 41.8 Å². The first-order valence-corrected chi connectivity index (χ1v) is 9.59. The molecule has 10 heteroatoms. The van der Waals surface area contributed by atoms with Crippen molar-refractivity contribution in [3.63, 3.8) is 0 Å². The molecule has 30 heavy (non-hydrogen) atoms. The Morgan fingerprint density at radius 2 is 1.80 bits per heavy atom. The molecular formula is C20H16F5N3OS. The molecule has 1 heterocycles. The van der Waals surface area contributed by atoms with Crippen LogP contribution in [0.25, 0.3) is 10.6 Å². The number of hydrogen-bond acceptors (Lipinski definition) is 4. The van der Waals surface area contributed by atoms with Gasteiger partial charge in [0.15, 0.2) is 0 Å². The summed E-state index contributed by atoms with van der Waals surface area (Å²) >= 11 is 1.02. The second-order valence-corrected chi connectivity index (χ2v) is 7.28. The lowest BCUT2D eigenvalue weighted by Crippen LogP contribution is -2.27. The number of nitrogens with zero attached hydrogens (tertiary/aromatic N) is 1. The summed E-state index contributed by atoms with van der Waals surface area (Å²) in [5, 5.41) is 6.64. The van der Waals surface area contributed by atoms with Crippen molar-refractivity contribution in [2.24, 2.45) is 0 Å². The fourth-order valence-electron chi connectivity index (χ4n) is 2.77. The number of amides is 1. The molecule has 1 aromatic heterocycles. The molecule has 0 saturated heterocycles. The highest BCUT2D eigenvalue weighted by Crippen LogP contribution is 2.33. The summed E-state index contributed by atoms with van der Waals surface area (Å²) in [6.45, 7) is 1.55. The minimum absolute atomic E-state index is 0.00736. The average Bonchev–Trinajstić information content (AvgIpc) is 3.17. The molecule has 1 unspecified atom stereocenters. The monoisotopic (exact) mass is 441 g/mol. The van der Waals surface area contributed by atoms with Crippen LogP contribution in [0.5, 0.6) is 0 Å². The lowest BCUT2D eigenvalue weighted by Gasteiger charge is -2.15. The van der Waals surface area contributed by atoms with E-state index in [1.165, 1.54) is 24.6 Å². The first kappa shape index (κ1) is 21.7. The van der Waals surface area contributed by atoms with E-state index < -0.39 is 35.3 Å². The summed E-state index contributed by atoms with van der Waals surface area (Å²) in [4.78, 5) is 16.5. The minimum atomic E-state index is -4.49. The lowest BCUT2D eigenvalue weighted by molar-refractivity contribution is -0.137. The lowest BCUT2D eigenvalue weighted by atomic mass is 10.1. The second-order valence-electron chi connectivity index (χ2n) is 6.42. The van der Waals surface area contributed by atoms with Gasteiger partial charge < -0.3 is 10.6 Å². The Hall–Kier alpha value is -3.01. The third-order valence-electron chi connectivity index (χ3n) is 4.34. The zero-order valence-electron chi connectivity index (χ0n) is 15.8. The van der Waals surface area contributed by atoms with Crippen molar-refractivity contribution in [3.05, 3.63) is 70.2 Å². The number of benzene rings is 2. The number of carbonyl (C=O) groups excluding carboxylic acids is 1. The Morgan fingerprint density at radius 3 is 2.40 bits per heavy atom. The summed E-state index contributed by atoms with van der Waals surface area (Å²) in [5.41, 5.74) is -0.655. The predicted octanol–water partition coefficient (Wildman–Crippen LogP) is 5.64. The Bertz CT molecular complexity index is 1060. The van der Waals surface area contributed by atoms with E-state index in [0.717, 1.165) is 35.6 Å². The van der Waals surface area contributed by atoms with E-state index in [2.05, 4.69) is 15.6 Å². The van der Waals surface area contributed by atoms with Crippen LogP contribution in [0.2, 0.25) is 0 Å². The molecule has 0 aliphatic rings. The number of carbonyl (C=O) groups is 1. The van der Waals surface area contributed by atoms with Crippen molar-refractivity contribution >= 4 is 22.9 Å². The van der Waals surface area contributed by atoms with E-state index in [1.807, 2.05) is 0 Å². The summed E-state index contributed by atoms with van der Waals surface area (Å²) in [6, 6.07) is 6.12. The second kappa shape index (κ2) is 8.39. The Morgan fingerprint density at radius 1 is 1.13 bits per heavy atom. The number of aromatic nitrogens is 1. The van der Waals surface area contributed by atoms with Gasteiger partial charge in [0, 0.05) is 18.0 Å². The molecule has 3 aromatic rings. The number of alkyl halides is 3. The van der Waals surface area contributed by atoms with Crippen molar-refractivity contribution in [1.29, 1.82) is 0 Å². The highest BCUT2D eigenvalue weighted by molar-refractivity contribution is 7.13. The van der Waals surface area contributed by atoms with Gasteiger partial charge in [-0.1, -0.05) is 12.1 Å². The molecule has 0 fully saturated rings. The van der Waals surface area contributed by atoms with Crippen molar-refractivity contribution < 1.29 is 26.7 Å². The van der Waals surface area contributed by atoms with E-state index >= 15 is 0 Å². The first-order chi connectivity index (χ1) is 14.1. The molecule has 2 aromatic carbocycles. The minimum Gasteiger partial charge on any atom is -0.383 e. The maximum Gasteiger partial charge on any atom is 0.416 e. The number of halogens is 5. The molecule has 158 valence electrons. The van der Waals surface area contributed by atoms with Gasteiger partial charge in [-0.15, -0.1) is 11.3 Å². The number of anilines is 1. The Labute approximate surface area is 172 Å². The smallest absolute Gasteiger partial charge is 0.383 e. The summed E-state index contributed by atoms with van der Waals surface area (Å²) in [7, 11) is 1.39. The predicted molar refractivity (Wildman–Crippen MR) is 104 cm³/mol. The fourth-order valence-corrected chi connectivity index (χ4v) is 3.57. The van der Waals surface area contributed by atoms with Crippen LogP contribution in [-0.4, -0.2) is 17.9 Å². The van der Waals surface area contributed by atoms with E-state index in [0.29, 0.717) is 0 Å². The Balaban J connectivity index is 1.77. The van der Waals surface area contributed by atoms with Gasteiger partial charge in [-0.05, 0) is 36.8 Å². The molecule has 0 aliphatic heterocycles. The van der Waals surface area contributed by atoms with E-state index in [4.69, 9.17) is 0 Å². The molecular weight excluding hydrogens is 425 g/mol. The standard InChI is InChI=1S/C20H16F5N3OS/c1-10(12-7-14(21)17(26-2)15(22)8-12)27-18(29)16-9-30-19(28-16)11-4-3-5-13(6-11)20(23,24)25/h3-10,26H,1-2H3,(H,27,29). The molecule has 1 amide bonds. The van der Waals surface area contributed by atoms with Gasteiger partial charge in [-0.3, -0.25) is 4.79 Å². The van der Waals surface area contributed by atoms with Crippen LogP contribution >= 0.6 is 11.3 Å². The maximum absolute atomic E-state index is 13.9. The van der Waals surface area contributed by atoms with Crippen LogP contribution in [0.4, 0.5) is 27.6 Å². The number of nitrogens with one attached hydrogen (secondary N) is 2. The van der Waals surface area contributed by atoms with Crippen LogP contribution < -0.4 is 10.6 Å². The summed E-state index contributed by atoms with van der Waals surface area (Å²) < 4.78 is 66.5. The van der Waals surface area contributed by atoms with Crippen LogP contribution in [0.1, 0.15) is 34.6 Å². The highest BCUT2D eigenvalue weighted by atomic mass is 32.1. The maximum atomic E-state index is 13.9. The summed E-state index contributed by atoms with van der Waals surface area (Å²) in [5.74, 6) is -2.21. The van der Waals surface area contributed by atoms with Gasteiger partial charge in [-0.2, -0.15) is 13.2 Å². The molecule has 1 atom stereocenters. The van der Waals surface area contributed by atoms with Crippen molar-refractivity contribution in [2.45, 2.75) is 19.1 Å². The van der Waals surface area contributed by atoms with E-state index in [9.17, 15) is 26.7 Å². The zero-order valence-corrected chi connectivity index (χ0v) is 16.6. The highest BCUT2D eigenvalue weighted by Gasteiger charge is 2.30. The molecule has 0 aliphatic carbocycles. The van der Waals surface area contributed by atoms with Crippen molar-refractivity contribution in [3.8, 4) is 10.6 Å². The Kier molecular flexibility index (Phi) is 6.06. The zero-order chi connectivity index (χ0) is 22.1. The number of hydrogen-bond donors (Lipinski definition) is 2. The first-order valence-electron chi connectivity index (χ1n) is 8.71. The molecule has 0 spiro atoms. The average molecular weight is 441 g/mol. The van der Waals surface area contributed by atoms with Gasteiger partial charge in [0.25, 0.3) is 5.91 Å². The molecule has 4 nitrogen and oxygen atoms in total. The molecule has 0 radical (unpaired) electrons. The fraction of sp³-hybridized carbons (Fsp3) is 0.200. The van der Waals surface area contributed by atoms with Gasteiger partial charge in [0.05, 0.1) is 11.6 Å².